The van der Waals surface area contributed by atoms with Gasteiger partial charge in [0.05, 0.1) is 0 Å². The quantitative estimate of drug-likeness (QED) is 0.582. The molecule has 0 bridgehead atoms. The van der Waals surface area contributed by atoms with Crippen molar-refractivity contribution in [3.63, 3.8) is 0 Å². The molecule has 0 aromatic carbocycles. The van der Waals surface area contributed by atoms with Gasteiger partial charge in [0.2, 0.25) is 0 Å². The monoisotopic (exact) mass is 168 g/mol. The first-order valence-electron chi connectivity index (χ1n) is 5.11. The van der Waals surface area contributed by atoms with E-state index in [1.54, 1.807) is 0 Å². The van der Waals surface area contributed by atoms with Crippen molar-refractivity contribution in [3.8, 4) is 0 Å². The van der Waals surface area contributed by atoms with Crippen LogP contribution < -0.4 is 0 Å². The fraction of sp³-hybridized carbons (Fsp3) is 0.833. The lowest BCUT2D eigenvalue weighted by atomic mass is 9.86. The highest BCUT2D eigenvalue weighted by Crippen LogP contribution is 2.22. The molecule has 0 saturated heterocycles. The fourth-order valence-corrected chi connectivity index (χ4v) is 1.09. The van der Waals surface area contributed by atoms with E-state index in [9.17, 15) is 0 Å². The molecule has 0 nitrogen and oxygen atoms in total. The third-order valence-electron chi connectivity index (χ3n) is 2.79. The minimum atomic E-state index is 0.605. The molecule has 2 atom stereocenters. The highest BCUT2D eigenvalue weighted by molar-refractivity contribution is 4.70. The Morgan fingerprint density at radius 2 is 1.00 bits per heavy atom. The van der Waals surface area contributed by atoms with Crippen molar-refractivity contribution in [2.45, 2.75) is 40.5 Å². The zero-order valence-electron chi connectivity index (χ0n) is 9.14. The minimum Gasteiger partial charge on any atom is -0.0625 e. The third-order valence-corrected chi connectivity index (χ3v) is 2.79. The van der Waals surface area contributed by atoms with Gasteiger partial charge in [-0.15, -0.1) is 0 Å². The van der Waals surface area contributed by atoms with Crippen molar-refractivity contribution in [2.24, 2.45) is 23.7 Å². The first-order valence-corrected chi connectivity index (χ1v) is 5.11. The van der Waals surface area contributed by atoms with Gasteiger partial charge in [0.1, 0.15) is 0 Å². The van der Waals surface area contributed by atoms with Crippen LogP contribution in [0.3, 0.4) is 0 Å². The summed E-state index contributed by atoms with van der Waals surface area (Å²) in [6.45, 7) is 17.2. The predicted octanol–water partition coefficient (Wildman–Crippen LogP) is 3.98. The van der Waals surface area contributed by atoms with Crippen molar-refractivity contribution >= 4 is 0 Å². The summed E-state index contributed by atoms with van der Waals surface area (Å²) >= 11 is 0. The van der Waals surface area contributed by atoms with Crippen molar-refractivity contribution in [1.82, 2.24) is 0 Å². The number of hydrogen-bond acceptors (Lipinski definition) is 0. The summed E-state index contributed by atoms with van der Waals surface area (Å²) in [6.07, 6.45) is 2.45. The molecule has 0 aromatic heterocycles. The van der Waals surface area contributed by atoms with Crippen LogP contribution >= 0.6 is 0 Å². The van der Waals surface area contributed by atoms with Crippen LogP contribution in [-0.2, 0) is 0 Å². The van der Waals surface area contributed by atoms with Gasteiger partial charge in [-0.05, 0) is 50.4 Å². The minimum absolute atomic E-state index is 0.605. The van der Waals surface area contributed by atoms with Crippen molar-refractivity contribution in [3.05, 3.63) is 13.8 Å². The maximum Gasteiger partial charge on any atom is -0.0391 e. The normalized spacial score (nSPS) is 17.0. The molecule has 0 aliphatic heterocycles. The summed E-state index contributed by atoms with van der Waals surface area (Å²) in [5, 5.41) is 0. The van der Waals surface area contributed by atoms with E-state index in [0.717, 1.165) is 0 Å². The molecule has 72 valence electrons. The second kappa shape index (κ2) is 5.61. The molecule has 0 aromatic rings. The van der Waals surface area contributed by atoms with E-state index in [1.165, 1.54) is 12.8 Å². The average molecular weight is 168 g/mol. The maximum atomic E-state index is 4.14. The Labute approximate surface area is 78.8 Å². The van der Waals surface area contributed by atoms with Gasteiger partial charge in [0, 0.05) is 0 Å². The Balaban J connectivity index is 3.54. The standard InChI is InChI=1S/C12H24/c1-9(2)11(5)7-8-12(6)10(3)4/h9-12H,5-8H2,1-4H3. The van der Waals surface area contributed by atoms with Gasteiger partial charge in [0.25, 0.3) is 0 Å². The lowest BCUT2D eigenvalue weighted by Crippen LogP contribution is -2.10. The Morgan fingerprint density at radius 1 is 0.750 bits per heavy atom. The zero-order chi connectivity index (χ0) is 9.72. The molecule has 0 aliphatic carbocycles. The van der Waals surface area contributed by atoms with E-state index in [4.69, 9.17) is 0 Å². The van der Waals surface area contributed by atoms with E-state index in [2.05, 4.69) is 41.5 Å². The summed E-state index contributed by atoms with van der Waals surface area (Å²) in [7, 11) is 0. The highest BCUT2D eigenvalue weighted by Gasteiger charge is 2.11. The van der Waals surface area contributed by atoms with Crippen molar-refractivity contribution in [1.29, 1.82) is 0 Å². The number of hydrogen-bond donors (Lipinski definition) is 0. The highest BCUT2D eigenvalue weighted by atomic mass is 14.2. The van der Waals surface area contributed by atoms with Crippen molar-refractivity contribution < 1.29 is 0 Å². The first-order chi connectivity index (χ1) is 5.45. The second-order valence-electron chi connectivity index (χ2n) is 4.59. The molecule has 0 heterocycles. The topological polar surface area (TPSA) is 0 Å². The predicted molar refractivity (Wildman–Crippen MR) is 56.6 cm³/mol. The summed E-state index contributed by atoms with van der Waals surface area (Å²) in [5.74, 6) is 2.63. The summed E-state index contributed by atoms with van der Waals surface area (Å²) < 4.78 is 0. The lowest BCUT2D eigenvalue weighted by Gasteiger charge is -2.20. The van der Waals surface area contributed by atoms with E-state index in [-0.39, 0.29) is 0 Å². The Hall–Kier alpha value is 0. The Kier molecular flexibility index (Phi) is 5.61. The van der Waals surface area contributed by atoms with Gasteiger partial charge in [0.15, 0.2) is 0 Å². The zero-order valence-corrected chi connectivity index (χ0v) is 9.14. The van der Waals surface area contributed by atoms with Gasteiger partial charge in [-0.1, -0.05) is 27.7 Å². The van der Waals surface area contributed by atoms with Crippen LogP contribution in [-0.4, -0.2) is 0 Å². The molecule has 0 N–H and O–H groups in total. The van der Waals surface area contributed by atoms with Crippen LogP contribution in [0.5, 0.6) is 0 Å². The average Bonchev–Trinajstić information content (AvgIpc) is 1.98. The summed E-state index contributed by atoms with van der Waals surface area (Å²) in [5.41, 5.74) is 0. The molecular formula is C12H24. The Morgan fingerprint density at radius 3 is 1.17 bits per heavy atom. The molecule has 0 spiro atoms. The van der Waals surface area contributed by atoms with Gasteiger partial charge >= 0.3 is 0 Å². The molecule has 0 amide bonds. The fourth-order valence-electron chi connectivity index (χ4n) is 1.09. The molecule has 0 saturated carbocycles. The van der Waals surface area contributed by atoms with Crippen LogP contribution in [0.4, 0.5) is 0 Å². The summed E-state index contributed by atoms with van der Waals surface area (Å²) in [4.78, 5) is 0. The van der Waals surface area contributed by atoms with E-state index in [1.807, 2.05) is 0 Å². The summed E-state index contributed by atoms with van der Waals surface area (Å²) in [6, 6.07) is 0. The first kappa shape index (κ1) is 12.0. The molecule has 2 radical (unpaired) electrons. The van der Waals surface area contributed by atoms with E-state index >= 15 is 0 Å². The maximum absolute atomic E-state index is 4.14. The van der Waals surface area contributed by atoms with Gasteiger partial charge < -0.3 is 0 Å². The third kappa shape index (κ3) is 4.79. The molecular weight excluding hydrogens is 144 g/mol. The van der Waals surface area contributed by atoms with Crippen LogP contribution in [0.15, 0.2) is 0 Å². The molecule has 0 rings (SSSR count). The van der Waals surface area contributed by atoms with Crippen molar-refractivity contribution in [2.75, 3.05) is 0 Å². The van der Waals surface area contributed by atoms with E-state index < -0.39 is 0 Å². The lowest BCUT2D eigenvalue weighted by molar-refractivity contribution is 0.352. The second-order valence-corrected chi connectivity index (χ2v) is 4.59. The molecule has 2 unspecified atom stereocenters. The van der Waals surface area contributed by atoms with E-state index in [0.29, 0.717) is 23.7 Å². The van der Waals surface area contributed by atoms with Crippen LogP contribution in [0, 0.1) is 37.5 Å². The van der Waals surface area contributed by atoms with Crippen LogP contribution in [0.2, 0.25) is 0 Å². The molecule has 0 aliphatic rings. The largest absolute Gasteiger partial charge is 0.0625 e. The van der Waals surface area contributed by atoms with Crippen LogP contribution in [0.25, 0.3) is 0 Å². The molecule has 12 heavy (non-hydrogen) atoms. The molecule has 0 fully saturated rings. The van der Waals surface area contributed by atoms with Gasteiger partial charge in [-0.3, -0.25) is 0 Å². The Bertz CT molecular complexity index is 88.6. The SMILES string of the molecule is [CH2]C(CCC([CH2])C(C)C)C(C)C. The molecule has 0 heteroatoms. The smallest absolute Gasteiger partial charge is 0.0391 e. The number of rotatable bonds is 5. The van der Waals surface area contributed by atoms with Gasteiger partial charge in [-0.2, -0.15) is 0 Å². The van der Waals surface area contributed by atoms with Crippen LogP contribution in [0.1, 0.15) is 40.5 Å². The van der Waals surface area contributed by atoms with Gasteiger partial charge in [-0.25, -0.2) is 0 Å².